The molecule has 12 nitrogen and oxygen atoms in total. The molecule has 1 aliphatic rings. The zero-order chi connectivity index (χ0) is 23.1. The summed E-state index contributed by atoms with van der Waals surface area (Å²) >= 11 is 0. The molecule has 2 N–H and O–H groups in total. The van der Waals surface area contributed by atoms with Crippen molar-refractivity contribution in [2.24, 2.45) is 5.73 Å². The van der Waals surface area contributed by atoms with Gasteiger partial charge >= 0.3 is 35.6 Å². The number of esters is 5. The molecule has 0 aliphatic carbocycles. The van der Waals surface area contributed by atoms with Crippen LogP contribution in [0.5, 0.6) is 0 Å². The second-order valence-electron chi connectivity index (χ2n) is 6.65. The maximum Gasteiger partial charge on any atom is 0.379 e. The van der Waals surface area contributed by atoms with Crippen molar-refractivity contribution in [1.29, 1.82) is 0 Å². The van der Waals surface area contributed by atoms with Crippen LogP contribution in [0.15, 0.2) is 0 Å². The Morgan fingerprint density at radius 1 is 1.00 bits per heavy atom. The second-order valence-corrected chi connectivity index (χ2v) is 6.65. The Labute approximate surface area is 173 Å². The van der Waals surface area contributed by atoms with Gasteiger partial charge in [-0.05, 0) is 6.42 Å². The fourth-order valence-electron chi connectivity index (χ4n) is 3.01. The van der Waals surface area contributed by atoms with Crippen LogP contribution in [0.2, 0.25) is 0 Å². The van der Waals surface area contributed by atoms with Gasteiger partial charge in [-0.15, -0.1) is 0 Å². The zero-order valence-corrected chi connectivity index (χ0v) is 17.5. The Hall–Kier alpha value is -2.73. The number of hydrogen-bond acceptors (Lipinski definition) is 12. The summed E-state index contributed by atoms with van der Waals surface area (Å²) in [5, 5.41) is 0. The monoisotopic (exact) mass is 433 g/mol. The molecule has 0 aromatic rings. The van der Waals surface area contributed by atoms with Crippen molar-refractivity contribution < 1.29 is 52.4 Å². The van der Waals surface area contributed by atoms with E-state index in [9.17, 15) is 24.0 Å². The largest absolute Gasteiger partial charge is 0.464 e. The second kappa shape index (κ2) is 10.9. The number of ether oxygens (including phenoxy) is 6. The SMILES string of the molecule is COC(=O)[C@]1(OC(C)=O)CC[C@@H](N)C([C@H](OC(C)=O)[C@@H](COC(C)=O)OC(C)=O)O1. The first-order chi connectivity index (χ1) is 13.9. The first-order valence-corrected chi connectivity index (χ1v) is 9.11. The summed E-state index contributed by atoms with van der Waals surface area (Å²) in [6.07, 6.45) is -3.99. The lowest BCUT2D eigenvalue weighted by atomic mass is 9.91. The van der Waals surface area contributed by atoms with Gasteiger partial charge in [0.1, 0.15) is 12.7 Å². The van der Waals surface area contributed by atoms with Crippen LogP contribution >= 0.6 is 0 Å². The van der Waals surface area contributed by atoms with E-state index in [4.69, 9.17) is 34.2 Å². The maximum atomic E-state index is 12.4. The minimum absolute atomic E-state index is 0.102. The van der Waals surface area contributed by atoms with Crippen LogP contribution in [0, 0.1) is 0 Å². The predicted octanol–water partition coefficient (Wildman–Crippen LogP) is -0.648. The Kier molecular flexibility index (Phi) is 9.18. The molecule has 170 valence electrons. The molecule has 5 atom stereocenters. The van der Waals surface area contributed by atoms with E-state index < -0.39 is 66.6 Å². The van der Waals surface area contributed by atoms with E-state index in [1.165, 1.54) is 0 Å². The lowest BCUT2D eigenvalue weighted by Crippen LogP contribution is -2.63. The van der Waals surface area contributed by atoms with Crippen molar-refractivity contribution in [2.75, 3.05) is 13.7 Å². The van der Waals surface area contributed by atoms with Gasteiger partial charge in [0.15, 0.2) is 12.2 Å². The third kappa shape index (κ3) is 6.95. The quantitative estimate of drug-likeness (QED) is 0.380. The minimum Gasteiger partial charge on any atom is -0.464 e. The van der Waals surface area contributed by atoms with E-state index in [1.54, 1.807) is 0 Å². The molecule has 1 unspecified atom stereocenters. The minimum atomic E-state index is -2.14. The summed E-state index contributed by atoms with van der Waals surface area (Å²) in [4.78, 5) is 58.4. The summed E-state index contributed by atoms with van der Waals surface area (Å²) < 4.78 is 30.8. The number of hydrogen-bond donors (Lipinski definition) is 1. The van der Waals surface area contributed by atoms with Crippen LogP contribution in [0.3, 0.4) is 0 Å². The molecule has 30 heavy (non-hydrogen) atoms. The molecule has 0 saturated carbocycles. The van der Waals surface area contributed by atoms with Gasteiger partial charge in [0.2, 0.25) is 0 Å². The highest BCUT2D eigenvalue weighted by atomic mass is 16.8. The lowest BCUT2D eigenvalue weighted by molar-refractivity contribution is -0.288. The first kappa shape index (κ1) is 25.3. The average Bonchev–Trinajstić information content (AvgIpc) is 2.63. The van der Waals surface area contributed by atoms with Crippen LogP contribution in [0.4, 0.5) is 0 Å². The Morgan fingerprint density at radius 2 is 1.60 bits per heavy atom. The van der Waals surface area contributed by atoms with E-state index in [2.05, 4.69) is 0 Å². The fourth-order valence-corrected chi connectivity index (χ4v) is 3.01. The van der Waals surface area contributed by atoms with E-state index in [0.717, 1.165) is 34.8 Å². The molecule has 1 saturated heterocycles. The molecule has 1 heterocycles. The normalized spacial score (nSPS) is 25.3. The van der Waals surface area contributed by atoms with Gasteiger partial charge in [-0.3, -0.25) is 19.2 Å². The van der Waals surface area contributed by atoms with Gasteiger partial charge in [-0.1, -0.05) is 0 Å². The van der Waals surface area contributed by atoms with E-state index in [-0.39, 0.29) is 12.8 Å². The lowest BCUT2D eigenvalue weighted by Gasteiger charge is -2.44. The molecule has 0 spiro atoms. The highest BCUT2D eigenvalue weighted by molar-refractivity contribution is 5.81. The molecule has 12 heteroatoms. The number of rotatable bonds is 8. The third-order valence-electron chi connectivity index (χ3n) is 4.12. The van der Waals surface area contributed by atoms with Crippen molar-refractivity contribution in [3.05, 3.63) is 0 Å². The molecule has 0 amide bonds. The van der Waals surface area contributed by atoms with E-state index in [1.807, 2.05) is 0 Å². The molecular weight excluding hydrogens is 406 g/mol. The number of methoxy groups -OCH3 is 1. The first-order valence-electron chi connectivity index (χ1n) is 9.11. The van der Waals surface area contributed by atoms with Crippen molar-refractivity contribution in [1.82, 2.24) is 0 Å². The predicted molar refractivity (Wildman–Crippen MR) is 96.3 cm³/mol. The highest BCUT2D eigenvalue weighted by Crippen LogP contribution is 2.34. The van der Waals surface area contributed by atoms with Gasteiger partial charge in [-0.25, -0.2) is 4.79 Å². The summed E-state index contributed by atoms with van der Waals surface area (Å²) in [6, 6.07) is -0.821. The number of nitrogens with two attached hydrogens (primary N) is 1. The van der Waals surface area contributed by atoms with Crippen molar-refractivity contribution in [2.45, 2.75) is 70.7 Å². The topological polar surface area (TPSA) is 167 Å². The number of carbonyl (C=O) groups is 5. The summed E-state index contributed by atoms with van der Waals surface area (Å²) in [7, 11) is 1.08. The Balaban J connectivity index is 3.34. The van der Waals surface area contributed by atoms with Crippen molar-refractivity contribution >= 4 is 29.8 Å². The van der Waals surface area contributed by atoms with Gasteiger partial charge < -0.3 is 34.2 Å². The van der Waals surface area contributed by atoms with Gasteiger partial charge in [0.25, 0.3) is 0 Å². The Morgan fingerprint density at radius 3 is 2.07 bits per heavy atom. The summed E-state index contributed by atoms with van der Waals surface area (Å²) in [5.74, 6) is -6.17. The zero-order valence-electron chi connectivity index (χ0n) is 17.5. The highest BCUT2D eigenvalue weighted by Gasteiger charge is 2.54. The summed E-state index contributed by atoms with van der Waals surface area (Å²) in [5.41, 5.74) is 6.12. The molecule has 1 aliphatic heterocycles. The van der Waals surface area contributed by atoms with E-state index in [0.29, 0.717) is 0 Å². The third-order valence-corrected chi connectivity index (χ3v) is 4.12. The van der Waals surface area contributed by atoms with Gasteiger partial charge in [-0.2, -0.15) is 0 Å². The van der Waals surface area contributed by atoms with Crippen LogP contribution in [0.25, 0.3) is 0 Å². The van der Waals surface area contributed by atoms with Gasteiger partial charge in [0.05, 0.1) is 7.11 Å². The van der Waals surface area contributed by atoms with Crippen LogP contribution in [0.1, 0.15) is 40.5 Å². The van der Waals surface area contributed by atoms with Crippen LogP contribution < -0.4 is 5.73 Å². The maximum absolute atomic E-state index is 12.4. The molecule has 0 aromatic carbocycles. The molecule has 0 aromatic heterocycles. The van der Waals surface area contributed by atoms with Crippen LogP contribution in [-0.4, -0.2) is 73.7 Å². The fraction of sp³-hybridized carbons (Fsp3) is 0.722. The van der Waals surface area contributed by atoms with Crippen LogP contribution in [-0.2, 0) is 52.4 Å². The molecule has 1 rings (SSSR count). The average molecular weight is 433 g/mol. The van der Waals surface area contributed by atoms with Crippen molar-refractivity contribution in [3.63, 3.8) is 0 Å². The smallest absolute Gasteiger partial charge is 0.379 e. The molecule has 1 fully saturated rings. The molecular formula is C18H27NO11. The molecule has 0 bridgehead atoms. The van der Waals surface area contributed by atoms with Crippen molar-refractivity contribution in [3.8, 4) is 0 Å². The van der Waals surface area contributed by atoms with Gasteiger partial charge in [0, 0.05) is 40.2 Å². The Bertz CT molecular complexity index is 679. The summed E-state index contributed by atoms with van der Waals surface area (Å²) in [6.45, 7) is 3.93. The molecule has 0 radical (unpaired) electrons. The van der Waals surface area contributed by atoms with E-state index >= 15 is 0 Å². The number of carbonyl (C=O) groups excluding carboxylic acids is 5. The standard InChI is InChI=1S/C18H27NO11/c1-9(20)26-8-14(27-10(2)21)16(28-11(3)22)15-13(19)6-7-18(30-15,17(24)25-5)29-12(4)23/h13-16H,6-8,19H2,1-5H3/t13-,14-,15?,16-,18+/m1/s1.